The van der Waals surface area contributed by atoms with Crippen LogP contribution in [0.4, 0.5) is 0 Å². The Bertz CT molecular complexity index is 499. The lowest BCUT2D eigenvalue weighted by molar-refractivity contribution is 0.582. The number of hydrogen-bond acceptors (Lipinski definition) is 3. The maximum atomic E-state index is 5.34. The van der Waals surface area contributed by atoms with E-state index >= 15 is 0 Å². The molecule has 16 heavy (non-hydrogen) atoms. The van der Waals surface area contributed by atoms with Crippen molar-refractivity contribution in [1.82, 2.24) is 4.98 Å². The van der Waals surface area contributed by atoms with Gasteiger partial charge < -0.3 is 4.42 Å². The average molecular weight is 227 g/mol. The van der Waals surface area contributed by atoms with E-state index in [-0.39, 0.29) is 0 Å². The minimum atomic E-state index is 0.893. The molecule has 0 N–H and O–H groups in total. The summed E-state index contributed by atoms with van der Waals surface area (Å²) in [5.41, 5.74) is 5.09. The summed E-state index contributed by atoms with van der Waals surface area (Å²) in [4.78, 5) is 4.27. The largest absolute Gasteiger partial charge is 0.464 e. The Hall–Kier alpha value is -1.87. The van der Waals surface area contributed by atoms with E-state index in [1.54, 1.807) is 17.6 Å². The molecule has 0 fully saturated rings. The fourth-order valence-corrected chi connectivity index (χ4v) is 2.16. The molecule has 3 heteroatoms. The average Bonchev–Trinajstić information content (AvgIpc) is 3.03. The molecule has 78 valence electrons. The summed E-state index contributed by atoms with van der Waals surface area (Å²) in [6.07, 6.45) is 1.68. The van der Waals surface area contributed by atoms with E-state index in [9.17, 15) is 0 Å². The summed E-state index contributed by atoms with van der Waals surface area (Å²) in [6, 6.07) is 12.1. The number of rotatable bonds is 2. The normalized spacial score (nSPS) is 10.5. The highest BCUT2D eigenvalue weighted by Crippen LogP contribution is 2.24. The monoisotopic (exact) mass is 227 g/mol. The molecule has 0 aliphatic rings. The Morgan fingerprint density at radius 3 is 2.44 bits per heavy atom. The zero-order chi connectivity index (χ0) is 10.8. The number of thiazole rings is 1. The number of benzene rings is 1. The zero-order valence-corrected chi connectivity index (χ0v) is 9.28. The van der Waals surface area contributed by atoms with Crippen molar-refractivity contribution in [3.8, 4) is 22.6 Å². The van der Waals surface area contributed by atoms with Crippen LogP contribution in [0, 0.1) is 0 Å². The second kappa shape index (κ2) is 3.94. The summed E-state index contributed by atoms with van der Waals surface area (Å²) in [6.45, 7) is 0. The number of furan rings is 1. The fraction of sp³-hybridized carbons (Fsp3) is 0. The van der Waals surface area contributed by atoms with Crippen LogP contribution >= 0.6 is 11.3 Å². The first-order valence-electron chi connectivity index (χ1n) is 4.96. The van der Waals surface area contributed by atoms with Crippen molar-refractivity contribution in [3.05, 3.63) is 53.6 Å². The van der Waals surface area contributed by atoms with E-state index in [0.717, 1.165) is 22.6 Å². The first-order valence-corrected chi connectivity index (χ1v) is 5.90. The first-order chi connectivity index (χ1) is 7.93. The lowest BCUT2D eigenvalue weighted by Crippen LogP contribution is -1.78. The van der Waals surface area contributed by atoms with Crippen LogP contribution in [0.3, 0.4) is 0 Å². The van der Waals surface area contributed by atoms with Gasteiger partial charge in [0.05, 0.1) is 17.5 Å². The van der Waals surface area contributed by atoms with E-state index in [1.807, 2.05) is 35.2 Å². The minimum Gasteiger partial charge on any atom is -0.464 e. The SMILES string of the molecule is c1coc(-c2ccc(-c3cscn3)cc2)c1. The van der Waals surface area contributed by atoms with Gasteiger partial charge in [-0.3, -0.25) is 0 Å². The standard InChI is InChI=1S/C13H9NOS/c1-2-13(15-7-1)11-5-3-10(4-6-11)12-8-16-9-14-12/h1-9H. The van der Waals surface area contributed by atoms with Crippen LogP contribution in [0.2, 0.25) is 0 Å². The smallest absolute Gasteiger partial charge is 0.133 e. The van der Waals surface area contributed by atoms with Gasteiger partial charge in [0.15, 0.2) is 0 Å². The molecule has 0 amide bonds. The minimum absolute atomic E-state index is 0.893. The van der Waals surface area contributed by atoms with E-state index in [4.69, 9.17) is 4.42 Å². The van der Waals surface area contributed by atoms with Crippen LogP contribution in [0.25, 0.3) is 22.6 Å². The quantitative estimate of drug-likeness (QED) is 0.659. The predicted molar refractivity (Wildman–Crippen MR) is 65.3 cm³/mol. The van der Waals surface area contributed by atoms with E-state index in [2.05, 4.69) is 17.1 Å². The van der Waals surface area contributed by atoms with Crippen molar-refractivity contribution in [1.29, 1.82) is 0 Å². The summed E-state index contributed by atoms with van der Waals surface area (Å²) in [5.74, 6) is 0.893. The second-order valence-corrected chi connectivity index (χ2v) is 4.15. The van der Waals surface area contributed by atoms with Crippen LogP contribution in [-0.2, 0) is 0 Å². The van der Waals surface area contributed by atoms with Crippen LogP contribution in [0.15, 0.2) is 58.0 Å². The van der Waals surface area contributed by atoms with Crippen LogP contribution in [-0.4, -0.2) is 4.98 Å². The van der Waals surface area contributed by atoms with Gasteiger partial charge in [-0.05, 0) is 12.1 Å². The van der Waals surface area contributed by atoms with Gasteiger partial charge in [-0.25, -0.2) is 4.98 Å². The second-order valence-electron chi connectivity index (χ2n) is 3.43. The molecular weight excluding hydrogens is 218 g/mol. The molecule has 2 nitrogen and oxygen atoms in total. The van der Waals surface area contributed by atoms with Crippen LogP contribution in [0.1, 0.15) is 0 Å². The van der Waals surface area contributed by atoms with Gasteiger partial charge in [0, 0.05) is 16.5 Å². The Kier molecular flexibility index (Phi) is 2.31. The van der Waals surface area contributed by atoms with Gasteiger partial charge in [0.2, 0.25) is 0 Å². The third-order valence-electron chi connectivity index (χ3n) is 2.42. The van der Waals surface area contributed by atoms with Crippen molar-refractivity contribution in [2.45, 2.75) is 0 Å². The Morgan fingerprint density at radius 2 is 1.81 bits per heavy atom. The third-order valence-corrected chi connectivity index (χ3v) is 3.01. The molecule has 0 atom stereocenters. The lowest BCUT2D eigenvalue weighted by atomic mass is 10.1. The van der Waals surface area contributed by atoms with Gasteiger partial charge >= 0.3 is 0 Å². The number of hydrogen-bond donors (Lipinski definition) is 0. The summed E-state index contributed by atoms with van der Waals surface area (Å²) in [5, 5.41) is 2.04. The van der Waals surface area contributed by atoms with E-state index in [0.29, 0.717) is 0 Å². The molecule has 0 spiro atoms. The Labute approximate surface area is 97.2 Å². The van der Waals surface area contributed by atoms with E-state index < -0.39 is 0 Å². The maximum Gasteiger partial charge on any atom is 0.133 e. The molecule has 0 bridgehead atoms. The highest BCUT2D eigenvalue weighted by molar-refractivity contribution is 7.07. The van der Waals surface area contributed by atoms with Gasteiger partial charge in [-0.15, -0.1) is 11.3 Å². The van der Waals surface area contributed by atoms with E-state index in [1.165, 1.54) is 0 Å². The molecule has 3 aromatic rings. The first kappa shape index (κ1) is 9.36. The summed E-state index contributed by atoms with van der Waals surface area (Å²) < 4.78 is 5.34. The molecule has 1 aromatic carbocycles. The molecule has 2 aromatic heterocycles. The molecule has 0 saturated heterocycles. The highest BCUT2D eigenvalue weighted by atomic mass is 32.1. The number of nitrogens with zero attached hydrogens (tertiary/aromatic N) is 1. The molecule has 0 unspecified atom stereocenters. The topological polar surface area (TPSA) is 26.0 Å². The van der Waals surface area contributed by atoms with Crippen molar-refractivity contribution in [2.24, 2.45) is 0 Å². The zero-order valence-electron chi connectivity index (χ0n) is 8.46. The Morgan fingerprint density at radius 1 is 1.00 bits per heavy atom. The predicted octanol–water partition coefficient (Wildman–Crippen LogP) is 4.07. The lowest BCUT2D eigenvalue weighted by Gasteiger charge is -1.99. The molecule has 0 aliphatic heterocycles. The fourth-order valence-electron chi connectivity index (χ4n) is 1.60. The maximum absolute atomic E-state index is 5.34. The van der Waals surface area contributed by atoms with Gasteiger partial charge in [0.1, 0.15) is 5.76 Å². The molecule has 0 aliphatic carbocycles. The van der Waals surface area contributed by atoms with Crippen LogP contribution < -0.4 is 0 Å². The molecular formula is C13H9NOS. The molecule has 2 heterocycles. The van der Waals surface area contributed by atoms with Crippen molar-refractivity contribution in [2.75, 3.05) is 0 Å². The number of aromatic nitrogens is 1. The third kappa shape index (κ3) is 1.66. The molecule has 0 saturated carbocycles. The molecule has 0 radical (unpaired) electrons. The summed E-state index contributed by atoms with van der Waals surface area (Å²) >= 11 is 1.61. The van der Waals surface area contributed by atoms with Gasteiger partial charge in [-0.2, -0.15) is 0 Å². The van der Waals surface area contributed by atoms with Crippen molar-refractivity contribution >= 4 is 11.3 Å². The van der Waals surface area contributed by atoms with Gasteiger partial charge in [0.25, 0.3) is 0 Å². The molecule has 3 rings (SSSR count). The van der Waals surface area contributed by atoms with Crippen LogP contribution in [0.5, 0.6) is 0 Å². The highest BCUT2D eigenvalue weighted by Gasteiger charge is 2.02. The van der Waals surface area contributed by atoms with Crippen molar-refractivity contribution < 1.29 is 4.42 Å². The Balaban J connectivity index is 1.97. The summed E-state index contributed by atoms with van der Waals surface area (Å²) in [7, 11) is 0. The van der Waals surface area contributed by atoms with Crippen molar-refractivity contribution in [3.63, 3.8) is 0 Å². The van der Waals surface area contributed by atoms with Gasteiger partial charge in [-0.1, -0.05) is 24.3 Å².